The fraction of sp³-hybridized carbons (Fsp3) is 0.438. The maximum Gasteiger partial charge on any atom is 0.336 e. The van der Waals surface area contributed by atoms with Crippen molar-refractivity contribution in [1.29, 1.82) is 0 Å². The van der Waals surface area contributed by atoms with Crippen LogP contribution in [0.3, 0.4) is 0 Å². The molecule has 2 aromatic rings. The summed E-state index contributed by atoms with van der Waals surface area (Å²) in [5.74, 6) is 0.776. The fourth-order valence-electron chi connectivity index (χ4n) is 3.49. The minimum absolute atomic E-state index is 0.294. The van der Waals surface area contributed by atoms with Crippen molar-refractivity contribution in [3.63, 3.8) is 0 Å². The molecule has 1 atom stereocenters. The molecule has 0 radical (unpaired) electrons. The highest BCUT2D eigenvalue weighted by Gasteiger charge is 2.33. The third-order valence-corrected chi connectivity index (χ3v) is 4.63. The Labute approximate surface area is 117 Å². The SMILES string of the molecule is O=c1ccc2ccc(NC3CN4CCC3CC4)cc2o1. The van der Waals surface area contributed by atoms with Crippen molar-refractivity contribution in [2.45, 2.75) is 18.9 Å². The van der Waals surface area contributed by atoms with Gasteiger partial charge in [0.25, 0.3) is 0 Å². The Morgan fingerprint density at radius 3 is 2.70 bits per heavy atom. The predicted octanol–water partition coefficient (Wildman–Crippen LogP) is 2.30. The van der Waals surface area contributed by atoms with Crippen LogP contribution < -0.4 is 10.9 Å². The van der Waals surface area contributed by atoms with Crippen molar-refractivity contribution < 1.29 is 4.42 Å². The molecule has 1 aromatic heterocycles. The molecule has 5 rings (SSSR count). The Morgan fingerprint density at radius 2 is 1.95 bits per heavy atom. The molecule has 0 amide bonds. The fourth-order valence-corrected chi connectivity index (χ4v) is 3.49. The van der Waals surface area contributed by atoms with Crippen LogP contribution in [0.1, 0.15) is 12.8 Å². The quantitative estimate of drug-likeness (QED) is 0.851. The second-order valence-corrected chi connectivity index (χ2v) is 5.90. The monoisotopic (exact) mass is 270 g/mol. The summed E-state index contributed by atoms with van der Waals surface area (Å²) >= 11 is 0. The number of benzene rings is 1. The molecule has 3 aliphatic rings. The zero-order valence-electron chi connectivity index (χ0n) is 11.3. The van der Waals surface area contributed by atoms with E-state index in [2.05, 4.69) is 16.3 Å². The molecule has 3 fully saturated rings. The molecule has 1 N–H and O–H groups in total. The van der Waals surface area contributed by atoms with Crippen LogP contribution in [0.15, 0.2) is 39.5 Å². The van der Waals surface area contributed by atoms with Crippen molar-refractivity contribution in [3.8, 4) is 0 Å². The normalized spacial score (nSPS) is 28.7. The summed E-state index contributed by atoms with van der Waals surface area (Å²) < 4.78 is 5.25. The highest BCUT2D eigenvalue weighted by atomic mass is 16.4. The maximum absolute atomic E-state index is 11.3. The maximum atomic E-state index is 11.3. The standard InChI is InChI=1S/C16H18N2O2/c19-16-4-2-12-1-3-13(9-15(12)20-16)17-14-10-18-7-5-11(14)6-8-18/h1-4,9,11,14,17H,5-8,10H2. The topological polar surface area (TPSA) is 45.5 Å². The van der Waals surface area contributed by atoms with Crippen molar-refractivity contribution in [3.05, 3.63) is 40.8 Å². The van der Waals surface area contributed by atoms with Gasteiger partial charge in [-0.15, -0.1) is 0 Å². The summed E-state index contributed by atoms with van der Waals surface area (Å²) in [5.41, 5.74) is 1.41. The summed E-state index contributed by atoms with van der Waals surface area (Å²) in [5, 5.41) is 4.58. The minimum atomic E-state index is -0.294. The van der Waals surface area contributed by atoms with E-state index in [-0.39, 0.29) is 5.63 Å². The molecular formula is C16H18N2O2. The van der Waals surface area contributed by atoms with E-state index in [0.29, 0.717) is 11.6 Å². The Hall–Kier alpha value is -1.81. The van der Waals surface area contributed by atoms with Gasteiger partial charge in [-0.25, -0.2) is 4.79 Å². The molecule has 2 bridgehead atoms. The molecule has 0 aliphatic carbocycles. The molecular weight excluding hydrogens is 252 g/mol. The smallest absolute Gasteiger partial charge is 0.336 e. The summed E-state index contributed by atoms with van der Waals surface area (Å²) in [6, 6.07) is 9.79. The first-order valence-corrected chi connectivity index (χ1v) is 7.31. The van der Waals surface area contributed by atoms with Crippen LogP contribution in [0.5, 0.6) is 0 Å². The summed E-state index contributed by atoms with van der Waals surface area (Å²) in [6.07, 6.45) is 2.58. The van der Waals surface area contributed by atoms with E-state index >= 15 is 0 Å². The molecule has 3 saturated heterocycles. The van der Waals surface area contributed by atoms with E-state index < -0.39 is 0 Å². The number of piperidine rings is 3. The van der Waals surface area contributed by atoms with Gasteiger partial charge in [0.05, 0.1) is 0 Å². The molecule has 1 unspecified atom stereocenters. The summed E-state index contributed by atoms with van der Waals surface area (Å²) in [6.45, 7) is 3.62. The van der Waals surface area contributed by atoms with Crippen molar-refractivity contribution in [2.24, 2.45) is 5.92 Å². The Kier molecular flexibility index (Phi) is 2.77. The van der Waals surface area contributed by atoms with Gasteiger partial charge in [0.15, 0.2) is 0 Å². The first-order valence-electron chi connectivity index (χ1n) is 7.31. The minimum Gasteiger partial charge on any atom is -0.423 e. The first-order chi connectivity index (χ1) is 9.78. The molecule has 0 saturated carbocycles. The second kappa shape index (κ2) is 4.63. The van der Waals surface area contributed by atoms with Crippen molar-refractivity contribution in [2.75, 3.05) is 25.0 Å². The lowest BCUT2D eigenvalue weighted by Crippen LogP contribution is -2.53. The molecule has 1 aromatic carbocycles. The van der Waals surface area contributed by atoms with Gasteiger partial charge in [-0.2, -0.15) is 0 Å². The van der Waals surface area contributed by atoms with Crippen LogP contribution in [0.25, 0.3) is 11.0 Å². The largest absolute Gasteiger partial charge is 0.423 e. The lowest BCUT2D eigenvalue weighted by molar-refractivity contribution is 0.0975. The zero-order valence-corrected chi connectivity index (χ0v) is 11.3. The van der Waals surface area contributed by atoms with Crippen LogP contribution in [-0.4, -0.2) is 30.6 Å². The number of hydrogen-bond donors (Lipinski definition) is 1. The number of fused-ring (bicyclic) bond motifs is 4. The van der Waals surface area contributed by atoms with Crippen LogP contribution in [0, 0.1) is 5.92 Å². The average molecular weight is 270 g/mol. The third kappa shape index (κ3) is 2.10. The van der Waals surface area contributed by atoms with E-state index in [1.54, 1.807) is 6.07 Å². The molecule has 4 nitrogen and oxygen atoms in total. The van der Waals surface area contributed by atoms with Crippen molar-refractivity contribution >= 4 is 16.7 Å². The number of hydrogen-bond acceptors (Lipinski definition) is 4. The number of nitrogens with zero attached hydrogens (tertiary/aromatic N) is 1. The third-order valence-electron chi connectivity index (χ3n) is 4.63. The first kappa shape index (κ1) is 12.0. The Bertz CT molecular complexity index is 686. The van der Waals surface area contributed by atoms with E-state index in [0.717, 1.165) is 23.5 Å². The van der Waals surface area contributed by atoms with E-state index in [4.69, 9.17) is 4.42 Å². The van der Waals surface area contributed by atoms with Crippen LogP contribution in [0.2, 0.25) is 0 Å². The average Bonchev–Trinajstić information content (AvgIpc) is 2.48. The van der Waals surface area contributed by atoms with Gasteiger partial charge in [0, 0.05) is 35.8 Å². The molecule has 4 heterocycles. The molecule has 0 spiro atoms. The predicted molar refractivity (Wildman–Crippen MR) is 79.1 cm³/mol. The Morgan fingerprint density at radius 1 is 1.15 bits per heavy atom. The molecule has 20 heavy (non-hydrogen) atoms. The number of nitrogens with one attached hydrogen (secondary N) is 1. The van der Waals surface area contributed by atoms with Crippen LogP contribution in [0.4, 0.5) is 5.69 Å². The molecule has 3 aliphatic heterocycles. The number of anilines is 1. The van der Waals surface area contributed by atoms with Crippen molar-refractivity contribution in [1.82, 2.24) is 4.90 Å². The lowest BCUT2D eigenvalue weighted by Gasteiger charge is -2.45. The van der Waals surface area contributed by atoms with Crippen LogP contribution in [-0.2, 0) is 0 Å². The van der Waals surface area contributed by atoms with Gasteiger partial charge >= 0.3 is 5.63 Å². The van der Waals surface area contributed by atoms with E-state index in [1.807, 2.05) is 12.1 Å². The second-order valence-electron chi connectivity index (χ2n) is 5.90. The zero-order chi connectivity index (χ0) is 13.5. The highest BCUT2D eigenvalue weighted by Crippen LogP contribution is 2.30. The Balaban J connectivity index is 1.61. The summed E-state index contributed by atoms with van der Waals surface area (Å²) in [7, 11) is 0. The van der Waals surface area contributed by atoms with Gasteiger partial charge in [-0.1, -0.05) is 0 Å². The van der Waals surface area contributed by atoms with E-state index in [9.17, 15) is 4.79 Å². The number of rotatable bonds is 2. The molecule has 4 heteroatoms. The van der Waals surface area contributed by atoms with E-state index in [1.165, 1.54) is 32.0 Å². The van der Waals surface area contributed by atoms with Gasteiger partial charge < -0.3 is 14.6 Å². The molecule has 104 valence electrons. The van der Waals surface area contributed by atoms with Gasteiger partial charge in [0.2, 0.25) is 0 Å². The van der Waals surface area contributed by atoms with Gasteiger partial charge in [-0.3, -0.25) is 0 Å². The highest BCUT2D eigenvalue weighted by molar-refractivity contribution is 5.80. The van der Waals surface area contributed by atoms with Crippen LogP contribution >= 0.6 is 0 Å². The van der Waals surface area contributed by atoms with Gasteiger partial charge in [0.1, 0.15) is 5.58 Å². The lowest BCUT2D eigenvalue weighted by atomic mass is 9.84. The summed E-state index contributed by atoms with van der Waals surface area (Å²) in [4.78, 5) is 13.8. The van der Waals surface area contributed by atoms with Gasteiger partial charge in [-0.05, 0) is 50.0 Å².